The van der Waals surface area contributed by atoms with Crippen LogP contribution in [0.25, 0.3) is 0 Å². The molecule has 32 heteroatoms. The molecule has 0 spiro atoms. The van der Waals surface area contributed by atoms with E-state index in [-0.39, 0.29) is 30.4 Å². The van der Waals surface area contributed by atoms with Crippen molar-refractivity contribution in [2.45, 2.75) is 103 Å². The van der Waals surface area contributed by atoms with Crippen LogP contribution in [0.2, 0.25) is 0 Å². The first-order valence-corrected chi connectivity index (χ1v) is 14.0. The smallest absolute Gasteiger partial charge is 0.438 e. The third-order valence-corrected chi connectivity index (χ3v) is 7.75. The van der Waals surface area contributed by atoms with Crippen molar-refractivity contribution in [1.82, 2.24) is 5.32 Å². The van der Waals surface area contributed by atoms with E-state index < -0.39 is 109 Å². The van der Waals surface area contributed by atoms with Crippen LogP contribution in [-0.2, 0) is 4.79 Å². The zero-order valence-corrected chi connectivity index (χ0v) is 27.0. The maximum Gasteiger partial charge on any atom is 0.438 e. The van der Waals surface area contributed by atoms with Crippen LogP contribution in [0.4, 0.5) is 119 Å². The van der Waals surface area contributed by atoms with E-state index in [1.54, 1.807) is 0 Å². The Morgan fingerprint density at radius 1 is 0.518 bits per heavy atom. The lowest BCUT2D eigenvalue weighted by Crippen LogP contribution is -2.79. The van der Waals surface area contributed by atoms with Gasteiger partial charge in [-0.05, 0) is 0 Å². The highest BCUT2D eigenvalue weighted by molar-refractivity contribution is 5.66. The average Bonchev–Trinajstić information content (AvgIpc) is 2.96. The second kappa shape index (κ2) is 15.2. The van der Waals surface area contributed by atoms with Crippen LogP contribution in [0.15, 0.2) is 0 Å². The summed E-state index contributed by atoms with van der Waals surface area (Å²) in [5, 5.41) is 20.1. The molecule has 0 rings (SSSR count). The minimum atomic E-state index is -9.88. The number of halogens is 27. The summed E-state index contributed by atoms with van der Waals surface area (Å²) < 4.78 is 368. The third kappa shape index (κ3) is 8.32. The number of aliphatic hydroxyl groups excluding tert-OH is 1. The zero-order valence-electron chi connectivity index (χ0n) is 27.0. The van der Waals surface area contributed by atoms with Crippen LogP contribution >= 0.6 is 0 Å². The van der Waals surface area contributed by atoms with Crippen LogP contribution in [0, 0.1) is 0 Å². The number of alkyl halides is 27. The molecule has 0 fully saturated rings. The summed E-state index contributed by atoms with van der Waals surface area (Å²) in [7, 11) is 2.89. The van der Waals surface area contributed by atoms with Crippen molar-refractivity contribution in [3.63, 3.8) is 0 Å². The largest absolute Gasteiger partial charge is 0.481 e. The molecule has 1 unspecified atom stereocenters. The van der Waals surface area contributed by atoms with Gasteiger partial charge >= 0.3 is 83.2 Å². The molecule has 0 bridgehead atoms. The molecule has 0 saturated carbocycles. The number of aliphatic carboxylic acids is 1. The fraction of sp³-hybridized carbons (Fsp3) is 0.958. The molecule has 0 aromatic heterocycles. The molecule has 0 aliphatic heterocycles. The molecule has 5 nitrogen and oxygen atoms in total. The number of carboxylic acids is 1. The van der Waals surface area contributed by atoms with Gasteiger partial charge in [-0.3, -0.25) is 4.79 Å². The predicted octanol–water partition coefficient (Wildman–Crippen LogP) is 8.45. The van der Waals surface area contributed by atoms with E-state index in [0.717, 1.165) is 0 Å². The predicted molar refractivity (Wildman–Crippen MR) is 128 cm³/mol. The standard InChI is InChI=1S/C24H23F27N2O3/c1-53(2,7-4-11(55)56)6-3-5-52-9-10(54)8-12(25,26)14(28,29)16(32,33)18(36,37)20(40,41)22(44,45)21(42,43)19(38,39)17(34,35)15(30,31)13(27,23(46,47)48)24(49,50)51/h10,52,54H,3-9H2,1-2H3/p+1. The Morgan fingerprint density at radius 3 is 1.12 bits per heavy atom. The summed E-state index contributed by atoms with van der Waals surface area (Å²) in [6, 6.07) is 0. The molecule has 0 heterocycles. The molecular weight excluding hydrogens is 877 g/mol. The molecule has 0 aliphatic rings. The minimum absolute atomic E-state index is 0.0186. The highest BCUT2D eigenvalue weighted by Crippen LogP contribution is 2.69. The molecule has 336 valence electrons. The summed E-state index contributed by atoms with van der Waals surface area (Å²) in [5.41, 5.74) is -9.25. The second-order valence-corrected chi connectivity index (χ2v) is 12.5. The van der Waals surface area contributed by atoms with Gasteiger partial charge in [-0.15, -0.1) is 0 Å². The van der Waals surface area contributed by atoms with Gasteiger partial charge in [-0.25, -0.2) is 4.39 Å². The molecule has 0 aliphatic carbocycles. The molecule has 1 atom stereocenters. The monoisotopic (exact) mass is 901 g/mol. The Hall–Kier alpha value is -2.54. The number of nitrogens with zero attached hydrogens (tertiary/aromatic N) is 1. The summed E-state index contributed by atoms with van der Waals surface area (Å²) in [6.45, 7) is -1.86. The van der Waals surface area contributed by atoms with Gasteiger partial charge in [0.1, 0.15) is 0 Å². The van der Waals surface area contributed by atoms with E-state index >= 15 is 0 Å². The van der Waals surface area contributed by atoms with Crippen LogP contribution in [-0.4, -0.2) is 144 Å². The van der Waals surface area contributed by atoms with E-state index in [4.69, 9.17) is 5.11 Å². The van der Waals surface area contributed by atoms with E-state index in [0.29, 0.717) is 0 Å². The maximum atomic E-state index is 14.2. The first-order valence-electron chi connectivity index (χ1n) is 14.0. The average molecular weight is 901 g/mol. The highest BCUT2D eigenvalue weighted by atomic mass is 19.4. The molecule has 56 heavy (non-hydrogen) atoms. The normalized spacial score (nSPS) is 16.7. The topological polar surface area (TPSA) is 69.6 Å². The van der Waals surface area contributed by atoms with Crippen molar-refractivity contribution in [3.05, 3.63) is 0 Å². The van der Waals surface area contributed by atoms with Crippen molar-refractivity contribution >= 4 is 5.97 Å². The number of aliphatic hydroxyl groups is 1. The Morgan fingerprint density at radius 2 is 0.821 bits per heavy atom. The quantitative estimate of drug-likeness (QED) is 0.0615. The van der Waals surface area contributed by atoms with Gasteiger partial charge in [0.05, 0.1) is 39.7 Å². The summed E-state index contributed by atoms with van der Waals surface area (Å²) in [6.07, 6.45) is -24.4. The number of hydrogen-bond donors (Lipinski definition) is 3. The lowest BCUT2D eigenvalue weighted by atomic mass is 9.81. The van der Waals surface area contributed by atoms with Crippen molar-refractivity contribution in [2.24, 2.45) is 0 Å². The number of carboxylic acid groups (broad SMARTS) is 1. The van der Waals surface area contributed by atoms with Crippen molar-refractivity contribution < 1.29 is 138 Å². The van der Waals surface area contributed by atoms with Crippen LogP contribution in [0.3, 0.4) is 0 Å². The summed E-state index contributed by atoms with van der Waals surface area (Å²) in [5.74, 6) is -93.9. The van der Waals surface area contributed by atoms with E-state index in [1.807, 2.05) is 5.32 Å². The van der Waals surface area contributed by atoms with Gasteiger partial charge in [0.25, 0.3) is 0 Å². The Labute approximate surface area is 293 Å². The van der Waals surface area contributed by atoms with Crippen LogP contribution in [0.1, 0.15) is 19.3 Å². The first kappa shape index (κ1) is 53.5. The van der Waals surface area contributed by atoms with E-state index in [9.17, 15) is 128 Å². The Bertz CT molecular complexity index is 1340. The van der Waals surface area contributed by atoms with Gasteiger partial charge < -0.3 is 20.0 Å². The SMILES string of the molecule is C[N+](C)(CCCNCC(O)CC(F)(F)C(F)(F)C(F)(F)C(F)(F)C(F)(F)C(F)(F)C(F)(F)C(F)(F)C(F)(F)C(F)(F)C(F)(C(F)(F)F)C(F)(F)F)CCC(=O)O. The fourth-order valence-corrected chi connectivity index (χ4v) is 4.25. The molecule has 0 radical (unpaired) electrons. The summed E-state index contributed by atoms with van der Waals surface area (Å²) in [4.78, 5) is 10.6. The molecule has 3 N–H and O–H groups in total. The van der Waals surface area contributed by atoms with Gasteiger partial charge in [-0.2, -0.15) is 114 Å². The fourth-order valence-electron chi connectivity index (χ4n) is 4.25. The first-order chi connectivity index (χ1) is 24.0. The van der Waals surface area contributed by atoms with Crippen LogP contribution in [0.5, 0.6) is 0 Å². The molecule has 0 saturated heterocycles. The number of rotatable bonds is 21. The third-order valence-electron chi connectivity index (χ3n) is 7.75. The number of hydrogen-bond acceptors (Lipinski definition) is 3. The van der Waals surface area contributed by atoms with Crippen molar-refractivity contribution in [1.29, 1.82) is 0 Å². The second-order valence-electron chi connectivity index (χ2n) is 12.5. The molecule has 0 aromatic carbocycles. The zero-order chi connectivity index (χ0) is 45.8. The van der Waals surface area contributed by atoms with Crippen molar-refractivity contribution in [3.8, 4) is 0 Å². The van der Waals surface area contributed by atoms with Gasteiger partial charge in [-0.1, -0.05) is 0 Å². The van der Waals surface area contributed by atoms with E-state index in [2.05, 4.69) is 0 Å². The molecule has 0 amide bonds. The van der Waals surface area contributed by atoms with Gasteiger partial charge in [0, 0.05) is 25.9 Å². The molecule has 0 aromatic rings. The lowest BCUT2D eigenvalue weighted by molar-refractivity contribution is -0.889. The number of nitrogens with one attached hydrogen (secondary N) is 1. The highest BCUT2D eigenvalue weighted by Gasteiger charge is 3.01. The van der Waals surface area contributed by atoms with E-state index in [1.165, 1.54) is 14.1 Å². The number of carbonyl (C=O) groups is 1. The van der Waals surface area contributed by atoms with Crippen LogP contribution < -0.4 is 5.32 Å². The Balaban J connectivity index is 6.75. The Kier molecular flexibility index (Phi) is 14.6. The molecular formula is C24H24F27N2O3+. The minimum Gasteiger partial charge on any atom is -0.481 e. The van der Waals surface area contributed by atoms with Gasteiger partial charge in [0.2, 0.25) is 0 Å². The van der Waals surface area contributed by atoms with Crippen molar-refractivity contribution in [2.75, 3.05) is 40.3 Å². The lowest BCUT2D eigenvalue weighted by Gasteiger charge is -2.46. The summed E-state index contributed by atoms with van der Waals surface area (Å²) >= 11 is 0. The number of quaternary nitrogens is 1. The van der Waals surface area contributed by atoms with Gasteiger partial charge in [0.15, 0.2) is 0 Å². The maximum absolute atomic E-state index is 14.2.